The number of alkyl halides is 4. The second-order valence-corrected chi connectivity index (χ2v) is 5.59. The second kappa shape index (κ2) is 6.37. The standard InChI is InChI=1S/C17H12ClF3N4/c1-2-25-14-7-12(10-4-3-5-11(6-10)17(19,20)21)23-13(9-22)16(14)24-15(25)8-18/h3-7H,2,8H2,1H3. The summed E-state index contributed by atoms with van der Waals surface area (Å²) >= 11 is 5.89. The van der Waals surface area contributed by atoms with Crippen molar-refractivity contribution in [1.82, 2.24) is 14.5 Å². The van der Waals surface area contributed by atoms with Gasteiger partial charge in [0.15, 0.2) is 5.69 Å². The topological polar surface area (TPSA) is 54.5 Å². The molecule has 0 bridgehead atoms. The van der Waals surface area contributed by atoms with Gasteiger partial charge in [-0.05, 0) is 25.1 Å². The molecular weight excluding hydrogens is 353 g/mol. The van der Waals surface area contributed by atoms with Gasteiger partial charge in [-0.1, -0.05) is 12.1 Å². The predicted octanol–water partition coefficient (Wildman–Crippen LogP) is 4.75. The Labute approximate surface area is 146 Å². The number of nitriles is 1. The average molecular weight is 365 g/mol. The van der Waals surface area contributed by atoms with Crippen molar-refractivity contribution in [3.63, 3.8) is 0 Å². The van der Waals surface area contributed by atoms with E-state index in [4.69, 9.17) is 11.6 Å². The molecule has 0 saturated heterocycles. The number of hydrogen-bond donors (Lipinski definition) is 0. The highest BCUT2D eigenvalue weighted by Crippen LogP contribution is 2.33. The van der Waals surface area contributed by atoms with Gasteiger partial charge >= 0.3 is 6.18 Å². The Kier molecular flexibility index (Phi) is 4.39. The third-order valence-electron chi connectivity index (χ3n) is 3.84. The van der Waals surface area contributed by atoms with Crippen LogP contribution in [0.5, 0.6) is 0 Å². The van der Waals surface area contributed by atoms with E-state index in [1.165, 1.54) is 12.1 Å². The summed E-state index contributed by atoms with van der Waals surface area (Å²) in [5, 5.41) is 9.36. The highest BCUT2D eigenvalue weighted by Gasteiger charge is 2.30. The Morgan fingerprint density at radius 3 is 2.60 bits per heavy atom. The van der Waals surface area contributed by atoms with Crippen LogP contribution in [0.4, 0.5) is 13.2 Å². The molecule has 0 N–H and O–H groups in total. The van der Waals surface area contributed by atoms with E-state index < -0.39 is 11.7 Å². The molecule has 25 heavy (non-hydrogen) atoms. The van der Waals surface area contributed by atoms with E-state index in [1.807, 2.05) is 17.6 Å². The van der Waals surface area contributed by atoms with Crippen LogP contribution in [0.15, 0.2) is 30.3 Å². The summed E-state index contributed by atoms with van der Waals surface area (Å²) in [6.07, 6.45) is -4.45. The van der Waals surface area contributed by atoms with Crippen LogP contribution in [0, 0.1) is 11.3 Å². The largest absolute Gasteiger partial charge is 0.416 e. The minimum Gasteiger partial charge on any atom is -0.327 e. The highest BCUT2D eigenvalue weighted by atomic mass is 35.5. The number of fused-ring (bicyclic) bond motifs is 1. The van der Waals surface area contributed by atoms with Crippen molar-refractivity contribution in [2.75, 3.05) is 0 Å². The van der Waals surface area contributed by atoms with E-state index in [0.717, 1.165) is 12.1 Å². The Balaban J connectivity index is 2.26. The number of rotatable bonds is 3. The quantitative estimate of drug-likeness (QED) is 0.630. The Bertz CT molecular complexity index is 986. The molecule has 1 aromatic carbocycles. The fraction of sp³-hybridized carbons (Fsp3) is 0.235. The van der Waals surface area contributed by atoms with Crippen LogP contribution in [0.3, 0.4) is 0 Å². The molecule has 2 heterocycles. The molecule has 3 aromatic rings. The van der Waals surface area contributed by atoms with Gasteiger partial charge in [0, 0.05) is 12.1 Å². The maximum atomic E-state index is 12.9. The van der Waals surface area contributed by atoms with Gasteiger partial charge in [-0.3, -0.25) is 0 Å². The van der Waals surface area contributed by atoms with Crippen LogP contribution in [-0.2, 0) is 18.6 Å². The normalized spacial score (nSPS) is 11.7. The minimum absolute atomic E-state index is 0.0588. The number of aryl methyl sites for hydroxylation is 1. The molecule has 8 heteroatoms. The zero-order valence-corrected chi connectivity index (χ0v) is 13.9. The lowest BCUT2D eigenvalue weighted by Gasteiger charge is -2.09. The molecular formula is C17H12ClF3N4. The van der Waals surface area contributed by atoms with Crippen LogP contribution in [-0.4, -0.2) is 14.5 Å². The summed E-state index contributed by atoms with van der Waals surface area (Å²) in [5.74, 6) is 0.741. The monoisotopic (exact) mass is 364 g/mol. The fourth-order valence-corrected chi connectivity index (χ4v) is 2.91. The van der Waals surface area contributed by atoms with Crippen molar-refractivity contribution in [1.29, 1.82) is 5.26 Å². The average Bonchev–Trinajstić information content (AvgIpc) is 2.97. The third kappa shape index (κ3) is 3.05. The summed E-state index contributed by atoms with van der Waals surface area (Å²) in [6.45, 7) is 2.46. The lowest BCUT2D eigenvalue weighted by molar-refractivity contribution is -0.137. The van der Waals surface area contributed by atoms with E-state index in [2.05, 4.69) is 9.97 Å². The Hall–Kier alpha value is -2.59. The van der Waals surface area contributed by atoms with Gasteiger partial charge in [-0.25, -0.2) is 9.97 Å². The molecule has 0 aliphatic carbocycles. The number of nitrogens with zero attached hydrogens (tertiary/aromatic N) is 4. The minimum atomic E-state index is -4.45. The van der Waals surface area contributed by atoms with E-state index in [9.17, 15) is 18.4 Å². The van der Waals surface area contributed by atoms with Crippen molar-refractivity contribution >= 4 is 22.6 Å². The van der Waals surface area contributed by atoms with Crippen LogP contribution in [0.25, 0.3) is 22.3 Å². The smallest absolute Gasteiger partial charge is 0.327 e. The second-order valence-electron chi connectivity index (χ2n) is 5.32. The van der Waals surface area contributed by atoms with Gasteiger partial charge in [0.05, 0.1) is 22.7 Å². The maximum absolute atomic E-state index is 12.9. The molecule has 3 rings (SSSR count). The highest BCUT2D eigenvalue weighted by molar-refractivity contribution is 6.16. The number of pyridine rings is 1. The first-order valence-electron chi connectivity index (χ1n) is 7.43. The van der Waals surface area contributed by atoms with E-state index in [-0.39, 0.29) is 22.8 Å². The SMILES string of the molecule is CCn1c(CCl)nc2c(C#N)nc(-c3cccc(C(F)(F)F)c3)cc21. The first kappa shape index (κ1) is 17.2. The molecule has 0 aliphatic heterocycles. The van der Waals surface area contributed by atoms with Gasteiger partial charge < -0.3 is 4.57 Å². The molecule has 2 aromatic heterocycles. The molecule has 0 radical (unpaired) electrons. The number of hydrogen-bond acceptors (Lipinski definition) is 3. The van der Waals surface area contributed by atoms with Crippen molar-refractivity contribution in [2.24, 2.45) is 0 Å². The molecule has 4 nitrogen and oxygen atoms in total. The first-order valence-corrected chi connectivity index (χ1v) is 7.96. The molecule has 0 atom stereocenters. The lowest BCUT2D eigenvalue weighted by Crippen LogP contribution is -2.04. The number of halogens is 4. The van der Waals surface area contributed by atoms with E-state index in [1.54, 1.807) is 6.07 Å². The third-order valence-corrected chi connectivity index (χ3v) is 4.08. The van der Waals surface area contributed by atoms with E-state index >= 15 is 0 Å². The van der Waals surface area contributed by atoms with Crippen molar-refractivity contribution in [3.8, 4) is 17.3 Å². The fourth-order valence-electron chi connectivity index (χ4n) is 2.70. The van der Waals surface area contributed by atoms with Crippen LogP contribution in [0.1, 0.15) is 24.0 Å². The summed E-state index contributed by atoms with van der Waals surface area (Å²) < 4.78 is 40.7. The molecule has 0 saturated carbocycles. The predicted molar refractivity (Wildman–Crippen MR) is 87.9 cm³/mol. The number of benzene rings is 1. The lowest BCUT2D eigenvalue weighted by atomic mass is 10.1. The molecule has 0 unspecified atom stereocenters. The summed E-state index contributed by atoms with van der Waals surface area (Å²) in [4.78, 5) is 8.52. The van der Waals surface area contributed by atoms with Gasteiger partial charge in [0.2, 0.25) is 0 Å². The zero-order valence-electron chi connectivity index (χ0n) is 13.1. The van der Waals surface area contributed by atoms with Gasteiger partial charge in [0.25, 0.3) is 0 Å². The van der Waals surface area contributed by atoms with Gasteiger partial charge in [-0.2, -0.15) is 18.4 Å². The molecule has 0 fully saturated rings. The number of imidazole rings is 1. The molecule has 0 aliphatic rings. The van der Waals surface area contributed by atoms with Crippen molar-refractivity contribution in [2.45, 2.75) is 25.5 Å². The van der Waals surface area contributed by atoms with Crippen molar-refractivity contribution < 1.29 is 13.2 Å². The zero-order chi connectivity index (χ0) is 18.2. The van der Waals surface area contributed by atoms with Gasteiger partial charge in [-0.15, -0.1) is 11.6 Å². The summed E-state index contributed by atoms with van der Waals surface area (Å²) in [5.41, 5.74) is 0.877. The summed E-state index contributed by atoms with van der Waals surface area (Å²) in [6, 6.07) is 8.46. The first-order chi connectivity index (χ1) is 11.9. The molecule has 128 valence electrons. The van der Waals surface area contributed by atoms with Gasteiger partial charge in [0.1, 0.15) is 17.4 Å². The molecule has 0 spiro atoms. The number of aromatic nitrogens is 3. The maximum Gasteiger partial charge on any atom is 0.416 e. The summed E-state index contributed by atoms with van der Waals surface area (Å²) in [7, 11) is 0. The van der Waals surface area contributed by atoms with Crippen LogP contribution in [0.2, 0.25) is 0 Å². The van der Waals surface area contributed by atoms with Crippen molar-refractivity contribution in [3.05, 3.63) is 47.4 Å². The Morgan fingerprint density at radius 2 is 2.00 bits per heavy atom. The Morgan fingerprint density at radius 1 is 1.24 bits per heavy atom. The van der Waals surface area contributed by atoms with E-state index in [0.29, 0.717) is 23.4 Å². The van der Waals surface area contributed by atoms with Crippen LogP contribution >= 0.6 is 11.6 Å². The molecule has 0 amide bonds. The van der Waals surface area contributed by atoms with Crippen LogP contribution < -0.4 is 0 Å².